The highest BCUT2D eigenvalue weighted by molar-refractivity contribution is 5.78. The van der Waals surface area contributed by atoms with Gasteiger partial charge in [0.2, 0.25) is 5.91 Å². The minimum atomic E-state index is -0.328. The summed E-state index contributed by atoms with van der Waals surface area (Å²) < 4.78 is 4.90. The van der Waals surface area contributed by atoms with Gasteiger partial charge in [-0.25, -0.2) is 0 Å². The second-order valence-corrected chi connectivity index (χ2v) is 3.07. The average Bonchev–Trinajstić information content (AvgIpc) is 1.86. The molecule has 0 aliphatic heterocycles. The highest BCUT2D eigenvalue weighted by Crippen LogP contribution is 2.00. The third kappa shape index (κ3) is 4.75. The van der Waals surface area contributed by atoms with Crippen molar-refractivity contribution in [3.8, 4) is 0 Å². The summed E-state index contributed by atoms with van der Waals surface area (Å²) in [5.74, 6) is -0.160. The van der Waals surface area contributed by atoms with Crippen molar-refractivity contribution in [1.82, 2.24) is 5.32 Å². The molecule has 1 amide bonds. The number of carbonyl (C=O) groups excluding carboxylic acids is 1. The van der Waals surface area contributed by atoms with Crippen molar-refractivity contribution in [2.45, 2.75) is 19.4 Å². The number of ether oxygens (including phenoxy) is 1. The highest BCUT2D eigenvalue weighted by Gasteiger charge is 2.18. The van der Waals surface area contributed by atoms with Crippen LogP contribution in [-0.4, -0.2) is 31.7 Å². The summed E-state index contributed by atoms with van der Waals surface area (Å²) in [6, 6.07) is 0. The number of rotatable bonds is 4. The Labute approximate surface area is 67.1 Å². The maximum Gasteiger partial charge on any atom is 0.234 e. The summed E-state index contributed by atoms with van der Waals surface area (Å²) in [6.07, 6.45) is 0. The van der Waals surface area contributed by atoms with Crippen LogP contribution in [0.4, 0.5) is 0 Å². The quantitative estimate of drug-likeness (QED) is 0.582. The van der Waals surface area contributed by atoms with Crippen LogP contribution in [0.25, 0.3) is 0 Å². The fraction of sp³-hybridized carbons (Fsp3) is 0.857. The molecule has 0 bridgehead atoms. The molecule has 0 spiro atoms. The number of methoxy groups -OCH3 is 1. The van der Waals surface area contributed by atoms with Crippen LogP contribution in [0.3, 0.4) is 0 Å². The molecule has 0 atom stereocenters. The third-order valence-corrected chi connectivity index (χ3v) is 1.17. The van der Waals surface area contributed by atoms with E-state index in [1.807, 2.05) is 13.8 Å². The Balaban J connectivity index is 3.80. The molecule has 0 saturated heterocycles. The summed E-state index contributed by atoms with van der Waals surface area (Å²) in [4.78, 5) is 10.8. The van der Waals surface area contributed by atoms with Gasteiger partial charge in [0.15, 0.2) is 0 Å². The minimum Gasteiger partial charge on any atom is -0.382 e. The molecule has 4 heteroatoms. The average molecular weight is 160 g/mol. The summed E-state index contributed by atoms with van der Waals surface area (Å²) in [6.45, 7) is 4.26. The molecule has 0 rings (SSSR count). The Bertz CT molecular complexity index is 134. The second kappa shape index (κ2) is 4.31. The first-order valence-corrected chi connectivity index (χ1v) is 3.52. The summed E-state index contributed by atoms with van der Waals surface area (Å²) >= 11 is 0. The van der Waals surface area contributed by atoms with Crippen LogP contribution in [-0.2, 0) is 9.53 Å². The van der Waals surface area contributed by atoms with Crippen LogP contribution in [0, 0.1) is 0 Å². The zero-order valence-corrected chi connectivity index (χ0v) is 7.31. The molecular weight excluding hydrogens is 144 g/mol. The smallest absolute Gasteiger partial charge is 0.234 e. The number of carbonyl (C=O) groups is 1. The Kier molecular flexibility index (Phi) is 4.07. The Hall–Kier alpha value is -0.610. The van der Waals surface area contributed by atoms with Crippen molar-refractivity contribution in [3.63, 3.8) is 0 Å². The van der Waals surface area contributed by atoms with Gasteiger partial charge < -0.3 is 15.8 Å². The van der Waals surface area contributed by atoms with Gasteiger partial charge in [-0.05, 0) is 13.8 Å². The number of hydrogen-bond acceptors (Lipinski definition) is 3. The normalized spacial score (nSPS) is 11.3. The minimum absolute atomic E-state index is 0.0210. The van der Waals surface area contributed by atoms with Gasteiger partial charge in [0.05, 0.1) is 18.7 Å². The molecule has 0 heterocycles. The number of nitrogens with one attached hydrogen (secondary N) is 1. The molecule has 0 fully saturated rings. The van der Waals surface area contributed by atoms with Gasteiger partial charge in [-0.2, -0.15) is 0 Å². The summed E-state index contributed by atoms with van der Waals surface area (Å²) in [5, 5.41) is 2.72. The summed E-state index contributed by atoms with van der Waals surface area (Å²) in [7, 11) is 1.59. The third-order valence-electron chi connectivity index (χ3n) is 1.17. The van der Waals surface area contributed by atoms with E-state index in [2.05, 4.69) is 5.32 Å². The predicted octanol–water partition coefficient (Wildman–Crippen LogP) is -0.514. The van der Waals surface area contributed by atoms with E-state index in [4.69, 9.17) is 10.5 Å². The van der Waals surface area contributed by atoms with Crippen molar-refractivity contribution in [3.05, 3.63) is 0 Å². The van der Waals surface area contributed by atoms with Crippen LogP contribution in [0.15, 0.2) is 0 Å². The van der Waals surface area contributed by atoms with E-state index in [0.717, 1.165) is 0 Å². The van der Waals surface area contributed by atoms with Gasteiger partial charge in [-0.15, -0.1) is 0 Å². The van der Waals surface area contributed by atoms with Crippen LogP contribution in [0.5, 0.6) is 0 Å². The van der Waals surface area contributed by atoms with E-state index in [9.17, 15) is 4.79 Å². The number of hydrogen-bond donors (Lipinski definition) is 2. The van der Waals surface area contributed by atoms with Crippen molar-refractivity contribution >= 4 is 5.91 Å². The first-order valence-electron chi connectivity index (χ1n) is 3.52. The zero-order valence-electron chi connectivity index (χ0n) is 7.31. The van der Waals surface area contributed by atoms with Gasteiger partial charge in [0.1, 0.15) is 0 Å². The molecule has 0 aromatic heterocycles. The molecule has 0 unspecified atom stereocenters. The standard InChI is InChI=1S/C7H16N2O2/c1-7(2,5-11-3)9-6(10)4-8/h4-5,8H2,1-3H3,(H,9,10). The van der Waals surface area contributed by atoms with Gasteiger partial charge in [-0.1, -0.05) is 0 Å². The van der Waals surface area contributed by atoms with Crippen molar-refractivity contribution in [2.24, 2.45) is 5.73 Å². The predicted molar refractivity (Wildman–Crippen MR) is 43.2 cm³/mol. The van der Waals surface area contributed by atoms with E-state index < -0.39 is 0 Å². The molecule has 0 radical (unpaired) electrons. The van der Waals surface area contributed by atoms with E-state index in [0.29, 0.717) is 6.61 Å². The van der Waals surface area contributed by atoms with Crippen LogP contribution >= 0.6 is 0 Å². The van der Waals surface area contributed by atoms with Crippen LogP contribution < -0.4 is 11.1 Å². The first kappa shape index (κ1) is 10.4. The Morgan fingerprint density at radius 2 is 2.18 bits per heavy atom. The van der Waals surface area contributed by atoms with E-state index in [1.54, 1.807) is 7.11 Å². The molecule has 0 saturated carbocycles. The largest absolute Gasteiger partial charge is 0.382 e. The molecular formula is C7H16N2O2. The molecule has 66 valence electrons. The van der Waals surface area contributed by atoms with Crippen molar-refractivity contribution < 1.29 is 9.53 Å². The lowest BCUT2D eigenvalue weighted by Gasteiger charge is -2.24. The highest BCUT2D eigenvalue weighted by atomic mass is 16.5. The molecule has 0 aromatic rings. The topological polar surface area (TPSA) is 64.3 Å². The SMILES string of the molecule is COCC(C)(C)NC(=O)CN. The van der Waals surface area contributed by atoms with Crippen LogP contribution in [0.2, 0.25) is 0 Å². The second-order valence-electron chi connectivity index (χ2n) is 3.07. The molecule has 0 aromatic carbocycles. The molecule has 4 nitrogen and oxygen atoms in total. The lowest BCUT2D eigenvalue weighted by Crippen LogP contribution is -2.48. The first-order chi connectivity index (χ1) is 5.02. The fourth-order valence-electron chi connectivity index (χ4n) is 0.825. The van der Waals surface area contributed by atoms with Gasteiger partial charge in [0, 0.05) is 7.11 Å². The maximum atomic E-state index is 10.8. The summed E-state index contributed by atoms with van der Waals surface area (Å²) in [5.41, 5.74) is 4.79. The number of nitrogens with two attached hydrogens (primary N) is 1. The van der Waals surface area contributed by atoms with Crippen molar-refractivity contribution in [1.29, 1.82) is 0 Å². The lowest BCUT2D eigenvalue weighted by molar-refractivity contribution is -0.121. The lowest BCUT2D eigenvalue weighted by atomic mass is 10.1. The van der Waals surface area contributed by atoms with Gasteiger partial charge in [-0.3, -0.25) is 4.79 Å². The number of amides is 1. The monoisotopic (exact) mass is 160 g/mol. The Morgan fingerprint density at radius 3 is 2.55 bits per heavy atom. The molecule has 0 aliphatic rings. The molecule has 11 heavy (non-hydrogen) atoms. The van der Waals surface area contributed by atoms with Crippen LogP contribution in [0.1, 0.15) is 13.8 Å². The fourth-order valence-corrected chi connectivity index (χ4v) is 0.825. The maximum absolute atomic E-state index is 10.8. The van der Waals surface area contributed by atoms with E-state index in [-0.39, 0.29) is 18.0 Å². The zero-order chi connectivity index (χ0) is 8.91. The van der Waals surface area contributed by atoms with Crippen molar-refractivity contribution in [2.75, 3.05) is 20.3 Å². The van der Waals surface area contributed by atoms with E-state index in [1.165, 1.54) is 0 Å². The van der Waals surface area contributed by atoms with Gasteiger partial charge >= 0.3 is 0 Å². The van der Waals surface area contributed by atoms with Gasteiger partial charge in [0.25, 0.3) is 0 Å². The molecule has 3 N–H and O–H groups in total. The Morgan fingerprint density at radius 1 is 1.64 bits per heavy atom. The van der Waals surface area contributed by atoms with E-state index >= 15 is 0 Å². The molecule has 0 aliphatic carbocycles.